The molecule has 3 heterocycles. The first-order valence-electron chi connectivity index (χ1n) is 20.7. The Bertz CT molecular complexity index is 3570. The molecular formula is C56H37N3O2. The summed E-state index contributed by atoms with van der Waals surface area (Å²) in [6, 6.07) is 59.2. The van der Waals surface area contributed by atoms with Crippen LogP contribution in [0.4, 0.5) is 0 Å². The van der Waals surface area contributed by atoms with Gasteiger partial charge in [-0.05, 0) is 69.3 Å². The highest BCUT2D eigenvalue weighted by atomic mass is 16.3. The molecule has 5 nitrogen and oxygen atoms in total. The Morgan fingerprint density at radius 2 is 0.967 bits per heavy atom. The standard InChI is InChI=1S/C56H37N3O2/c1-56(32-7-2-8-33-56)40-30-31-45-50(34-40)61-48-20-10-17-43(51(45)48)37-24-28-39(29-25-37)54-57-53(38-26-22-36(23-27-38)42-16-9-13-35-12-3-4-14-41(35)42)58-55(59-54)46-18-11-21-49-52(46)44-15-5-6-19-47(44)60-49/h2-32,34H,33H2,1H3. The van der Waals surface area contributed by atoms with E-state index in [-0.39, 0.29) is 5.41 Å². The summed E-state index contributed by atoms with van der Waals surface area (Å²) in [4.78, 5) is 15.5. The van der Waals surface area contributed by atoms with Crippen molar-refractivity contribution in [2.24, 2.45) is 0 Å². The molecule has 0 N–H and O–H groups in total. The molecule has 0 saturated heterocycles. The van der Waals surface area contributed by atoms with Crippen LogP contribution in [0, 0.1) is 0 Å². The van der Waals surface area contributed by atoms with Gasteiger partial charge in [-0.3, -0.25) is 0 Å². The molecular weight excluding hydrogens is 747 g/mol. The van der Waals surface area contributed by atoms with Gasteiger partial charge in [0, 0.05) is 43.7 Å². The Balaban J connectivity index is 0.966. The number of rotatable bonds is 6. The number of hydrogen-bond donors (Lipinski definition) is 0. The molecule has 0 bridgehead atoms. The monoisotopic (exact) mass is 783 g/mol. The zero-order valence-corrected chi connectivity index (χ0v) is 33.3. The summed E-state index contributed by atoms with van der Waals surface area (Å²) in [5.41, 5.74) is 11.8. The second kappa shape index (κ2) is 13.9. The van der Waals surface area contributed by atoms with Crippen LogP contribution >= 0.6 is 0 Å². The molecule has 8 aromatic carbocycles. The summed E-state index contributed by atoms with van der Waals surface area (Å²) in [7, 11) is 0. The minimum absolute atomic E-state index is 0.0604. The van der Waals surface area contributed by atoms with E-state index in [1.54, 1.807) is 0 Å². The first-order chi connectivity index (χ1) is 30.1. The third-order valence-corrected chi connectivity index (χ3v) is 12.4. The van der Waals surface area contributed by atoms with E-state index in [1.807, 2.05) is 30.3 Å². The van der Waals surface area contributed by atoms with E-state index in [1.165, 1.54) is 21.9 Å². The van der Waals surface area contributed by atoms with Crippen molar-refractivity contribution in [3.8, 4) is 56.4 Å². The fourth-order valence-corrected chi connectivity index (χ4v) is 9.15. The predicted octanol–water partition coefficient (Wildman–Crippen LogP) is 14.9. The van der Waals surface area contributed by atoms with Crippen molar-refractivity contribution >= 4 is 54.6 Å². The molecule has 0 radical (unpaired) electrons. The number of nitrogens with zero attached hydrogens (tertiary/aromatic N) is 3. The maximum absolute atomic E-state index is 6.52. The van der Waals surface area contributed by atoms with Crippen LogP contribution in [-0.2, 0) is 5.41 Å². The number of para-hydroxylation sites is 1. The number of allylic oxidation sites excluding steroid dienone is 4. The molecule has 1 aliphatic rings. The molecule has 0 spiro atoms. The lowest BCUT2D eigenvalue weighted by Gasteiger charge is -2.27. The Kier molecular flexibility index (Phi) is 7.97. The molecule has 288 valence electrons. The second-order valence-electron chi connectivity index (χ2n) is 16.2. The second-order valence-corrected chi connectivity index (χ2v) is 16.2. The number of benzene rings is 8. The van der Waals surface area contributed by atoms with Gasteiger partial charge < -0.3 is 8.83 Å². The average Bonchev–Trinajstić information content (AvgIpc) is 3.90. The van der Waals surface area contributed by atoms with Crippen LogP contribution in [0.3, 0.4) is 0 Å². The maximum atomic E-state index is 6.52. The maximum Gasteiger partial charge on any atom is 0.164 e. The van der Waals surface area contributed by atoms with Gasteiger partial charge >= 0.3 is 0 Å². The summed E-state index contributed by atoms with van der Waals surface area (Å²) >= 11 is 0. The van der Waals surface area contributed by atoms with Gasteiger partial charge in [-0.25, -0.2) is 15.0 Å². The largest absolute Gasteiger partial charge is 0.456 e. The topological polar surface area (TPSA) is 65.0 Å². The number of furan rings is 2. The van der Waals surface area contributed by atoms with Crippen LogP contribution in [0.5, 0.6) is 0 Å². The molecule has 0 aliphatic heterocycles. The van der Waals surface area contributed by atoms with Crippen LogP contribution in [0.2, 0.25) is 0 Å². The highest BCUT2D eigenvalue weighted by molar-refractivity contribution is 6.13. The lowest BCUT2D eigenvalue weighted by molar-refractivity contribution is 0.597. The predicted molar refractivity (Wildman–Crippen MR) is 249 cm³/mol. The van der Waals surface area contributed by atoms with Gasteiger partial charge in [0.05, 0.1) is 0 Å². The Morgan fingerprint density at radius 3 is 1.70 bits per heavy atom. The fraction of sp³-hybridized carbons (Fsp3) is 0.0536. The zero-order valence-electron chi connectivity index (χ0n) is 33.3. The van der Waals surface area contributed by atoms with Crippen LogP contribution in [0.15, 0.2) is 203 Å². The quantitative estimate of drug-likeness (QED) is 0.168. The van der Waals surface area contributed by atoms with Crippen molar-refractivity contribution in [1.82, 2.24) is 15.0 Å². The summed E-state index contributed by atoms with van der Waals surface area (Å²) in [6.07, 6.45) is 9.73. The molecule has 61 heavy (non-hydrogen) atoms. The zero-order chi connectivity index (χ0) is 40.5. The fourth-order valence-electron chi connectivity index (χ4n) is 9.15. The summed E-state index contributed by atoms with van der Waals surface area (Å²) in [5, 5.41) is 6.66. The van der Waals surface area contributed by atoms with E-state index in [0.717, 1.165) is 83.7 Å². The van der Waals surface area contributed by atoms with Crippen LogP contribution in [0.25, 0.3) is 111 Å². The van der Waals surface area contributed by atoms with Gasteiger partial charge in [-0.2, -0.15) is 0 Å². The SMILES string of the molecule is CC1(c2ccc3c(c2)oc2cccc(-c4ccc(-c5nc(-c6ccc(-c7cccc8ccccc78)cc6)nc(-c6cccc7oc8ccccc8c67)n5)cc4)c23)C=CC=CC1. The van der Waals surface area contributed by atoms with Gasteiger partial charge in [0.25, 0.3) is 0 Å². The van der Waals surface area contributed by atoms with Crippen LogP contribution in [0.1, 0.15) is 18.9 Å². The van der Waals surface area contributed by atoms with E-state index in [0.29, 0.717) is 17.5 Å². The smallest absolute Gasteiger partial charge is 0.164 e. The lowest BCUT2D eigenvalue weighted by Crippen LogP contribution is -2.19. The number of aromatic nitrogens is 3. The number of hydrogen-bond acceptors (Lipinski definition) is 5. The molecule has 1 aliphatic carbocycles. The minimum Gasteiger partial charge on any atom is -0.456 e. The van der Waals surface area contributed by atoms with Gasteiger partial charge in [0.2, 0.25) is 0 Å². The van der Waals surface area contributed by atoms with Crippen molar-refractivity contribution in [1.29, 1.82) is 0 Å². The third kappa shape index (κ3) is 5.89. The van der Waals surface area contributed by atoms with Crippen molar-refractivity contribution in [2.75, 3.05) is 0 Å². The third-order valence-electron chi connectivity index (χ3n) is 12.4. The molecule has 5 heteroatoms. The van der Waals surface area contributed by atoms with Gasteiger partial charge in [0.1, 0.15) is 22.3 Å². The van der Waals surface area contributed by atoms with Crippen molar-refractivity contribution < 1.29 is 8.83 Å². The van der Waals surface area contributed by atoms with Crippen molar-refractivity contribution in [3.63, 3.8) is 0 Å². The first-order valence-corrected chi connectivity index (χ1v) is 20.7. The van der Waals surface area contributed by atoms with E-state index in [9.17, 15) is 0 Å². The summed E-state index contributed by atoms with van der Waals surface area (Å²) in [5.74, 6) is 1.77. The van der Waals surface area contributed by atoms with Crippen molar-refractivity contribution in [2.45, 2.75) is 18.8 Å². The van der Waals surface area contributed by atoms with Crippen LogP contribution < -0.4 is 0 Å². The molecule has 1 unspecified atom stereocenters. The van der Waals surface area contributed by atoms with E-state index >= 15 is 0 Å². The molecule has 0 saturated carbocycles. The minimum atomic E-state index is -0.0604. The van der Waals surface area contributed by atoms with Crippen LogP contribution in [-0.4, -0.2) is 15.0 Å². The van der Waals surface area contributed by atoms with Gasteiger partial charge in [0.15, 0.2) is 17.5 Å². The molecule has 12 rings (SSSR count). The summed E-state index contributed by atoms with van der Waals surface area (Å²) in [6.45, 7) is 2.28. The Labute approximate surface area is 352 Å². The van der Waals surface area contributed by atoms with Gasteiger partial charge in [-0.1, -0.05) is 177 Å². The average molecular weight is 784 g/mol. The van der Waals surface area contributed by atoms with E-state index < -0.39 is 0 Å². The molecule has 3 aromatic heterocycles. The lowest BCUT2D eigenvalue weighted by atomic mass is 9.77. The first kappa shape index (κ1) is 35.1. The molecule has 0 fully saturated rings. The highest BCUT2D eigenvalue weighted by Gasteiger charge is 2.25. The van der Waals surface area contributed by atoms with Crippen molar-refractivity contribution in [3.05, 3.63) is 200 Å². The van der Waals surface area contributed by atoms with E-state index in [4.69, 9.17) is 23.8 Å². The summed E-state index contributed by atoms with van der Waals surface area (Å²) < 4.78 is 12.8. The molecule has 1 atom stereocenters. The Morgan fingerprint density at radius 1 is 0.426 bits per heavy atom. The number of fused-ring (bicyclic) bond motifs is 7. The molecule has 11 aromatic rings. The normalized spacial score (nSPS) is 15.2. The highest BCUT2D eigenvalue weighted by Crippen LogP contribution is 2.41. The Hall–Kier alpha value is -7.89. The van der Waals surface area contributed by atoms with E-state index in [2.05, 4.69) is 171 Å². The molecule has 0 amide bonds. The van der Waals surface area contributed by atoms with Gasteiger partial charge in [-0.15, -0.1) is 0 Å².